The van der Waals surface area contributed by atoms with E-state index in [-0.39, 0.29) is 17.6 Å². The number of esters is 1. The summed E-state index contributed by atoms with van der Waals surface area (Å²) in [6, 6.07) is 10.1. The van der Waals surface area contributed by atoms with E-state index in [4.69, 9.17) is 4.74 Å². The number of aromatic nitrogens is 3. The van der Waals surface area contributed by atoms with Crippen molar-refractivity contribution in [2.24, 2.45) is 5.92 Å². The van der Waals surface area contributed by atoms with Gasteiger partial charge < -0.3 is 14.6 Å². The van der Waals surface area contributed by atoms with E-state index in [1.54, 1.807) is 24.8 Å². The van der Waals surface area contributed by atoms with E-state index in [1.165, 1.54) is 28.0 Å². The SMILES string of the molecule is C=CCn1c(CSc2ccccc2)nnc1SCC(=O)Nc1sc2c(c1C(=O)OCC)CCC(C)C2. The van der Waals surface area contributed by atoms with E-state index in [0.29, 0.717) is 40.5 Å². The number of anilines is 1. The van der Waals surface area contributed by atoms with Gasteiger partial charge in [-0.3, -0.25) is 4.79 Å². The number of benzene rings is 1. The second-order valence-electron chi connectivity index (χ2n) is 8.51. The lowest BCUT2D eigenvalue weighted by molar-refractivity contribution is -0.113. The number of fused-ring (bicyclic) bond motifs is 1. The number of thioether (sulfide) groups is 2. The van der Waals surface area contributed by atoms with Crippen molar-refractivity contribution < 1.29 is 14.3 Å². The van der Waals surface area contributed by atoms with Crippen LogP contribution >= 0.6 is 34.9 Å². The molecule has 0 saturated carbocycles. The Bertz CT molecular complexity index is 1220. The van der Waals surface area contributed by atoms with Gasteiger partial charge in [0.2, 0.25) is 5.91 Å². The van der Waals surface area contributed by atoms with Crippen molar-refractivity contribution in [3.05, 3.63) is 64.8 Å². The van der Waals surface area contributed by atoms with Gasteiger partial charge in [0.05, 0.1) is 23.7 Å². The maximum atomic E-state index is 12.9. The fourth-order valence-electron chi connectivity index (χ4n) is 4.06. The number of nitrogens with zero attached hydrogens (tertiary/aromatic N) is 3. The number of amides is 1. The van der Waals surface area contributed by atoms with Crippen LogP contribution < -0.4 is 5.32 Å². The molecule has 10 heteroatoms. The zero-order valence-electron chi connectivity index (χ0n) is 20.5. The van der Waals surface area contributed by atoms with Crippen LogP contribution in [0.1, 0.15) is 46.9 Å². The Morgan fingerprint density at radius 1 is 1.28 bits per heavy atom. The molecular weight excluding hydrogens is 513 g/mol. The number of ether oxygens (including phenoxy) is 1. The van der Waals surface area contributed by atoms with Crippen LogP contribution in [-0.2, 0) is 34.7 Å². The molecule has 2 heterocycles. The van der Waals surface area contributed by atoms with Crippen molar-refractivity contribution in [2.75, 3.05) is 17.7 Å². The maximum Gasteiger partial charge on any atom is 0.341 e. The third-order valence-corrected chi connectivity index (χ3v) is 8.94. The van der Waals surface area contributed by atoms with E-state index in [1.807, 2.05) is 22.8 Å². The minimum Gasteiger partial charge on any atom is -0.462 e. The van der Waals surface area contributed by atoms with Crippen LogP contribution in [0.5, 0.6) is 0 Å². The first-order valence-electron chi connectivity index (χ1n) is 11.9. The molecule has 0 radical (unpaired) electrons. The summed E-state index contributed by atoms with van der Waals surface area (Å²) in [5.41, 5.74) is 1.56. The average molecular weight is 543 g/mol. The smallest absolute Gasteiger partial charge is 0.341 e. The van der Waals surface area contributed by atoms with Gasteiger partial charge in [-0.2, -0.15) is 0 Å². The van der Waals surface area contributed by atoms with Crippen molar-refractivity contribution in [2.45, 2.75) is 55.5 Å². The number of allylic oxidation sites excluding steroid dienone is 1. The first-order chi connectivity index (χ1) is 17.5. The van der Waals surface area contributed by atoms with Gasteiger partial charge in [0, 0.05) is 16.3 Å². The minimum absolute atomic E-state index is 0.155. The van der Waals surface area contributed by atoms with Crippen molar-refractivity contribution in [3.8, 4) is 0 Å². The summed E-state index contributed by atoms with van der Waals surface area (Å²) < 4.78 is 7.29. The van der Waals surface area contributed by atoms with Gasteiger partial charge in [0.1, 0.15) is 10.8 Å². The van der Waals surface area contributed by atoms with E-state index in [0.717, 1.165) is 35.5 Å². The summed E-state index contributed by atoms with van der Waals surface area (Å²) in [6.07, 6.45) is 4.59. The van der Waals surface area contributed by atoms with Gasteiger partial charge in [0.25, 0.3) is 0 Å². The number of thiophene rings is 1. The lowest BCUT2D eigenvalue weighted by atomic mass is 9.88. The fourth-order valence-corrected chi connectivity index (χ4v) is 7.10. The number of hydrogen-bond acceptors (Lipinski definition) is 8. The Morgan fingerprint density at radius 2 is 2.08 bits per heavy atom. The molecule has 2 aromatic heterocycles. The molecule has 0 saturated heterocycles. The van der Waals surface area contributed by atoms with Gasteiger partial charge in [-0.25, -0.2) is 4.79 Å². The van der Waals surface area contributed by atoms with Crippen molar-refractivity contribution in [3.63, 3.8) is 0 Å². The molecule has 1 aliphatic rings. The molecule has 0 fully saturated rings. The first kappa shape index (κ1) is 26.5. The van der Waals surface area contributed by atoms with Crippen LogP contribution in [-0.4, -0.2) is 39.0 Å². The summed E-state index contributed by atoms with van der Waals surface area (Å²) in [6.45, 7) is 8.72. The van der Waals surface area contributed by atoms with Crippen molar-refractivity contribution in [1.82, 2.24) is 14.8 Å². The van der Waals surface area contributed by atoms with Crippen LogP contribution in [0.3, 0.4) is 0 Å². The van der Waals surface area contributed by atoms with E-state index in [2.05, 4.69) is 41.1 Å². The number of carbonyl (C=O) groups is 2. The molecule has 4 rings (SSSR count). The summed E-state index contributed by atoms with van der Waals surface area (Å²) in [7, 11) is 0. The molecule has 1 atom stereocenters. The zero-order chi connectivity index (χ0) is 25.5. The molecule has 1 aromatic carbocycles. The predicted molar refractivity (Wildman–Crippen MR) is 147 cm³/mol. The highest BCUT2D eigenvalue weighted by molar-refractivity contribution is 7.99. The van der Waals surface area contributed by atoms with Crippen molar-refractivity contribution in [1.29, 1.82) is 0 Å². The molecule has 1 aliphatic carbocycles. The van der Waals surface area contributed by atoms with Crippen LogP contribution in [0.4, 0.5) is 5.00 Å². The highest BCUT2D eigenvalue weighted by atomic mass is 32.2. The largest absolute Gasteiger partial charge is 0.462 e. The molecule has 1 unspecified atom stereocenters. The molecule has 3 aromatic rings. The third-order valence-electron chi connectivity index (χ3n) is 5.79. The summed E-state index contributed by atoms with van der Waals surface area (Å²) >= 11 is 4.51. The van der Waals surface area contributed by atoms with Crippen LogP contribution in [0, 0.1) is 5.92 Å². The maximum absolute atomic E-state index is 12.9. The number of nitrogens with one attached hydrogen (secondary N) is 1. The summed E-state index contributed by atoms with van der Waals surface area (Å²) in [5, 5.41) is 12.9. The number of carbonyl (C=O) groups excluding carboxylic acids is 2. The fraction of sp³-hybridized carbons (Fsp3) is 0.385. The van der Waals surface area contributed by atoms with E-state index in [9.17, 15) is 9.59 Å². The van der Waals surface area contributed by atoms with E-state index < -0.39 is 0 Å². The first-order valence-corrected chi connectivity index (χ1v) is 14.7. The van der Waals surface area contributed by atoms with Crippen LogP contribution in [0.25, 0.3) is 0 Å². The van der Waals surface area contributed by atoms with Gasteiger partial charge in [-0.05, 0) is 49.8 Å². The second kappa shape index (κ2) is 12.6. The Hall–Kier alpha value is -2.56. The predicted octanol–water partition coefficient (Wildman–Crippen LogP) is 5.85. The molecule has 0 spiro atoms. The Kier molecular flexibility index (Phi) is 9.28. The Morgan fingerprint density at radius 3 is 2.83 bits per heavy atom. The quantitative estimate of drug-likeness (QED) is 0.185. The van der Waals surface area contributed by atoms with Gasteiger partial charge in [0.15, 0.2) is 5.16 Å². The number of rotatable bonds is 11. The van der Waals surface area contributed by atoms with Crippen LogP contribution in [0.2, 0.25) is 0 Å². The minimum atomic E-state index is -0.362. The second-order valence-corrected chi connectivity index (χ2v) is 11.6. The van der Waals surface area contributed by atoms with Gasteiger partial charge in [-0.1, -0.05) is 43.0 Å². The summed E-state index contributed by atoms with van der Waals surface area (Å²) in [5.74, 6) is 1.67. The molecule has 190 valence electrons. The standard InChI is InChI=1S/C26H30N4O3S3/c1-4-13-30-21(15-34-18-9-7-6-8-10-18)28-29-26(30)35-16-22(31)27-24-23(25(32)33-5-2)19-12-11-17(3)14-20(19)36-24/h4,6-10,17H,1,5,11-16H2,2-3H3,(H,27,31). The molecule has 1 N–H and O–H groups in total. The topological polar surface area (TPSA) is 86.1 Å². The molecule has 1 amide bonds. The van der Waals surface area contributed by atoms with Gasteiger partial charge >= 0.3 is 5.97 Å². The lowest BCUT2D eigenvalue weighted by Crippen LogP contribution is -2.18. The van der Waals surface area contributed by atoms with Crippen LogP contribution in [0.15, 0.2) is 53.0 Å². The summed E-state index contributed by atoms with van der Waals surface area (Å²) in [4.78, 5) is 28.0. The average Bonchev–Trinajstić information content (AvgIpc) is 3.42. The molecule has 0 bridgehead atoms. The highest BCUT2D eigenvalue weighted by Gasteiger charge is 2.29. The van der Waals surface area contributed by atoms with Gasteiger partial charge in [-0.15, -0.1) is 39.9 Å². The Balaban J connectivity index is 1.43. The van der Waals surface area contributed by atoms with E-state index >= 15 is 0 Å². The normalized spacial score (nSPS) is 14.8. The van der Waals surface area contributed by atoms with Crippen molar-refractivity contribution >= 4 is 51.7 Å². The molecule has 0 aliphatic heterocycles. The third kappa shape index (κ3) is 6.41. The molecule has 36 heavy (non-hydrogen) atoms. The lowest BCUT2D eigenvalue weighted by Gasteiger charge is -2.18. The molecular formula is C26H30N4O3S3. The highest BCUT2D eigenvalue weighted by Crippen LogP contribution is 2.40. The zero-order valence-corrected chi connectivity index (χ0v) is 22.9. The number of hydrogen-bond donors (Lipinski definition) is 1. The Labute approximate surface area is 224 Å². The monoisotopic (exact) mass is 542 g/mol. The molecule has 7 nitrogen and oxygen atoms in total.